The van der Waals surface area contributed by atoms with Gasteiger partial charge in [-0.1, -0.05) is 29.8 Å². The molecule has 1 unspecified atom stereocenters. The van der Waals surface area contributed by atoms with Crippen molar-refractivity contribution in [2.45, 2.75) is 25.4 Å². The number of aryl methyl sites for hydroxylation is 2. The summed E-state index contributed by atoms with van der Waals surface area (Å²) in [6, 6.07) is 19.7. The molecule has 5 heteroatoms. The molecule has 3 aromatic carbocycles. The Hall–Kier alpha value is -2.98. The molecule has 0 saturated carbocycles. The zero-order valence-corrected chi connectivity index (χ0v) is 15.9. The summed E-state index contributed by atoms with van der Waals surface area (Å²) < 4.78 is 11.6. The van der Waals surface area contributed by atoms with E-state index in [1.165, 1.54) is 11.1 Å². The van der Waals surface area contributed by atoms with Crippen molar-refractivity contribution in [1.29, 1.82) is 0 Å². The molecular formula is C23H19ClO4. The third-order valence-corrected chi connectivity index (χ3v) is 5.03. The standard InChI is InChI=1S/C23H19ClO4/c24-18-7-12-20(13-8-18)27-19-9-5-16(6-10-19)22(23(25)26)28-21-11-4-15-2-1-3-17(15)14-21/h4-14,22H,1-3H2,(H,25,26). The first-order valence-electron chi connectivity index (χ1n) is 9.13. The van der Waals surface area contributed by atoms with Crippen molar-refractivity contribution in [3.8, 4) is 17.2 Å². The van der Waals surface area contributed by atoms with Crippen LogP contribution < -0.4 is 9.47 Å². The summed E-state index contributed by atoms with van der Waals surface area (Å²) >= 11 is 5.87. The molecule has 1 aliphatic carbocycles. The van der Waals surface area contributed by atoms with Gasteiger partial charge in [0.15, 0.2) is 0 Å². The molecule has 142 valence electrons. The quantitative estimate of drug-likeness (QED) is 0.571. The number of benzene rings is 3. The first kappa shape index (κ1) is 18.4. The molecule has 0 aliphatic heterocycles. The highest BCUT2D eigenvalue weighted by molar-refractivity contribution is 6.30. The van der Waals surface area contributed by atoms with Gasteiger partial charge in [-0.25, -0.2) is 4.79 Å². The van der Waals surface area contributed by atoms with E-state index in [-0.39, 0.29) is 0 Å². The van der Waals surface area contributed by atoms with Crippen molar-refractivity contribution in [1.82, 2.24) is 0 Å². The summed E-state index contributed by atoms with van der Waals surface area (Å²) in [4.78, 5) is 11.8. The molecule has 0 bridgehead atoms. The number of rotatable bonds is 6. The van der Waals surface area contributed by atoms with E-state index in [1.807, 2.05) is 18.2 Å². The molecule has 0 amide bonds. The minimum Gasteiger partial charge on any atom is -0.478 e. The number of halogens is 1. The van der Waals surface area contributed by atoms with Crippen LogP contribution in [0.3, 0.4) is 0 Å². The molecule has 28 heavy (non-hydrogen) atoms. The van der Waals surface area contributed by atoms with Crippen molar-refractivity contribution in [2.75, 3.05) is 0 Å². The predicted octanol–water partition coefficient (Wildman–Crippen LogP) is 5.83. The Kier molecular flexibility index (Phi) is 5.22. The Balaban J connectivity index is 1.50. The maximum Gasteiger partial charge on any atom is 0.349 e. The lowest BCUT2D eigenvalue weighted by Crippen LogP contribution is -2.18. The molecule has 0 aromatic heterocycles. The Bertz CT molecular complexity index is 980. The van der Waals surface area contributed by atoms with Crippen molar-refractivity contribution < 1.29 is 19.4 Å². The number of aliphatic carboxylic acids is 1. The first-order chi connectivity index (χ1) is 13.6. The van der Waals surface area contributed by atoms with E-state index in [0.717, 1.165) is 19.3 Å². The third kappa shape index (κ3) is 4.12. The summed E-state index contributed by atoms with van der Waals surface area (Å²) in [6.07, 6.45) is 2.15. The van der Waals surface area contributed by atoms with E-state index in [0.29, 0.717) is 27.8 Å². The molecule has 1 atom stereocenters. The zero-order chi connectivity index (χ0) is 19.5. The molecule has 1 N–H and O–H groups in total. The lowest BCUT2D eigenvalue weighted by Gasteiger charge is -2.17. The summed E-state index contributed by atoms with van der Waals surface area (Å²) in [5.41, 5.74) is 3.12. The topological polar surface area (TPSA) is 55.8 Å². The van der Waals surface area contributed by atoms with E-state index in [2.05, 4.69) is 0 Å². The number of fused-ring (bicyclic) bond motifs is 1. The van der Waals surface area contributed by atoms with Gasteiger partial charge < -0.3 is 14.6 Å². The van der Waals surface area contributed by atoms with Crippen LogP contribution in [0.2, 0.25) is 5.02 Å². The highest BCUT2D eigenvalue weighted by Gasteiger charge is 2.23. The maximum absolute atomic E-state index is 11.8. The van der Waals surface area contributed by atoms with Crippen LogP contribution >= 0.6 is 11.6 Å². The molecule has 0 fully saturated rings. The van der Waals surface area contributed by atoms with Gasteiger partial charge in [0.2, 0.25) is 6.10 Å². The second-order valence-corrected chi connectivity index (χ2v) is 7.18. The van der Waals surface area contributed by atoms with Gasteiger partial charge in [-0.2, -0.15) is 0 Å². The van der Waals surface area contributed by atoms with Gasteiger partial charge in [-0.15, -0.1) is 0 Å². The van der Waals surface area contributed by atoms with Crippen LogP contribution in [-0.4, -0.2) is 11.1 Å². The average molecular weight is 395 g/mol. The summed E-state index contributed by atoms with van der Waals surface area (Å²) in [5.74, 6) is 0.801. The molecule has 1 aliphatic rings. The largest absolute Gasteiger partial charge is 0.478 e. The second-order valence-electron chi connectivity index (χ2n) is 6.75. The number of hydrogen-bond donors (Lipinski definition) is 1. The van der Waals surface area contributed by atoms with Gasteiger partial charge in [0.25, 0.3) is 0 Å². The number of hydrogen-bond acceptors (Lipinski definition) is 3. The lowest BCUT2D eigenvalue weighted by atomic mass is 10.1. The van der Waals surface area contributed by atoms with Gasteiger partial charge in [-0.3, -0.25) is 0 Å². The summed E-state index contributed by atoms with van der Waals surface area (Å²) in [7, 11) is 0. The third-order valence-electron chi connectivity index (χ3n) is 4.78. The highest BCUT2D eigenvalue weighted by atomic mass is 35.5. The smallest absolute Gasteiger partial charge is 0.349 e. The second kappa shape index (κ2) is 7.95. The Morgan fingerprint density at radius 1 is 0.857 bits per heavy atom. The number of carboxylic acid groups (broad SMARTS) is 1. The van der Waals surface area contributed by atoms with Gasteiger partial charge in [0, 0.05) is 10.6 Å². The van der Waals surface area contributed by atoms with Crippen LogP contribution in [-0.2, 0) is 17.6 Å². The fourth-order valence-electron chi connectivity index (χ4n) is 3.37. The van der Waals surface area contributed by atoms with E-state index in [4.69, 9.17) is 21.1 Å². The van der Waals surface area contributed by atoms with Crippen molar-refractivity contribution in [2.24, 2.45) is 0 Å². The van der Waals surface area contributed by atoms with Gasteiger partial charge >= 0.3 is 5.97 Å². The van der Waals surface area contributed by atoms with Crippen molar-refractivity contribution in [3.63, 3.8) is 0 Å². The van der Waals surface area contributed by atoms with Crippen molar-refractivity contribution >= 4 is 17.6 Å². The number of carbonyl (C=O) groups is 1. The molecule has 3 aromatic rings. The average Bonchev–Trinajstić information content (AvgIpc) is 3.16. The lowest BCUT2D eigenvalue weighted by molar-refractivity contribution is -0.145. The highest BCUT2D eigenvalue weighted by Crippen LogP contribution is 2.30. The van der Waals surface area contributed by atoms with Crippen LogP contribution in [0.5, 0.6) is 17.2 Å². The summed E-state index contributed by atoms with van der Waals surface area (Å²) in [5, 5.41) is 10.3. The molecule has 4 rings (SSSR count). The Labute approximate surface area is 168 Å². The van der Waals surface area contributed by atoms with Crippen LogP contribution in [0.1, 0.15) is 29.2 Å². The molecule has 0 heterocycles. The number of carboxylic acids is 1. The SMILES string of the molecule is O=C(O)C(Oc1ccc2c(c1)CCC2)c1ccc(Oc2ccc(Cl)cc2)cc1. The fourth-order valence-corrected chi connectivity index (χ4v) is 3.49. The minimum atomic E-state index is -1.08. The Morgan fingerprint density at radius 2 is 1.46 bits per heavy atom. The molecule has 0 spiro atoms. The monoisotopic (exact) mass is 394 g/mol. The van der Waals surface area contributed by atoms with Crippen LogP contribution in [0.4, 0.5) is 0 Å². The van der Waals surface area contributed by atoms with E-state index in [9.17, 15) is 9.90 Å². The van der Waals surface area contributed by atoms with Crippen LogP contribution in [0.25, 0.3) is 0 Å². The molecule has 4 nitrogen and oxygen atoms in total. The molecular weight excluding hydrogens is 376 g/mol. The van der Waals surface area contributed by atoms with Crippen LogP contribution in [0, 0.1) is 0 Å². The van der Waals surface area contributed by atoms with E-state index >= 15 is 0 Å². The maximum atomic E-state index is 11.8. The zero-order valence-electron chi connectivity index (χ0n) is 15.1. The first-order valence-corrected chi connectivity index (χ1v) is 9.51. The van der Waals surface area contributed by atoms with Crippen LogP contribution in [0.15, 0.2) is 66.7 Å². The van der Waals surface area contributed by atoms with E-state index < -0.39 is 12.1 Å². The predicted molar refractivity (Wildman–Crippen MR) is 107 cm³/mol. The molecule has 0 saturated heterocycles. The Morgan fingerprint density at radius 3 is 2.14 bits per heavy atom. The van der Waals surface area contributed by atoms with Crippen molar-refractivity contribution in [3.05, 3.63) is 88.4 Å². The number of ether oxygens (including phenoxy) is 2. The van der Waals surface area contributed by atoms with Gasteiger partial charge in [0.1, 0.15) is 17.2 Å². The fraction of sp³-hybridized carbons (Fsp3) is 0.174. The normalized spacial score (nSPS) is 13.6. The van der Waals surface area contributed by atoms with E-state index in [1.54, 1.807) is 48.5 Å². The minimum absolute atomic E-state index is 0.552. The van der Waals surface area contributed by atoms with Gasteiger partial charge in [0.05, 0.1) is 0 Å². The van der Waals surface area contributed by atoms with Gasteiger partial charge in [-0.05, 0) is 78.9 Å². The summed E-state index contributed by atoms with van der Waals surface area (Å²) in [6.45, 7) is 0. The molecule has 0 radical (unpaired) electrons.